The Bertz CT molecular complexity index is 938. The second-order valence-electron chi connectivity index (χ2n) is 10.1. The van der Waals surface area contributed by atoms with E-state index in [4.69, 9.17) is 9.72 Å². The normalized spacial score (nSPS) is 18.3. The van der Waals surface area contributed by atoms with Gasteiger partial charge in [-0.1, -0.05) is 32.0 Å². The first-order chi connectivity index (χ1) is 14.1. The van der Waals surface area contributed by atoms with E-state index in [0.717, 1.165) is 31.0 Å². The number of rotatable bonds is 2. The van der Waals surface area contributed by atoms with Crippen LogP contribution in [0, 0.1) is 0 Å². The lowest BCUT2D eigenvalue weighted by Crippen LogP contribution is -2.50. The van der Waals surface area contributed by atoms with Crippen molar-refractivity contribution < 1.29 is 9.53 Å². The molecule has 5 heteroatoms. The van der Waals surface area contributed by atoms with Crippen LogP contribution >= 0.6 is 0 Å². The minimum absolute atomic E-state index is 0.232. The van der Waals surface area contributed by atoms with Gasteiger partial charge < -0.3 is 14.5 Å². The molecule has 0 bridgehead atoms. The van der Waals surface area contributed by atoms with Gasteiger partial charge in [0.05, 0.1) is 5.69 Å². The number of carbonyl (C=O) groups is 1. The number of carbonyl (C=O) groups excluding carboxylic acids is 1. The molecule has 2 aromatic rings. The topological polar surface area (TPSA) is 45.7 Å². The van der Waals surface area contributed by atoms with E-state index >= 15 is 0 Å². The SMILES string of the molecule is CC(C)(C)OC(=O)N1CCN(c2cccc(-c3ccc4c(c3)CCC4(C)C)n2)CC1. The first-order valence-corrected chi connectivity index (χ1v) is 11.0. The lowest BCUT2D eigenvalue weighted by Gasteiger charge is -2.36. The fourth-order valence-corrected chi connectivity index (χ4v) is 4.41. The van der Waals surface area contributed by atoms with Gasteiger partial charge in [0.15, 0.2) is 0 Å². The number of amides is 1. The highest BCUT2D eigenvalue weighted by Gasteiger charge is 2.30. The third kappa shape index (κ3) is 4.30. The fourth-order valence-electron chi connectivity index (χ4n) is 4.41. The largest absolute Gasteiger partial charge is 0.444 e. The quantitative estimate of drug-likeness (QED) is 0.700. The summed E-state index contributed by atoms with van der Waals surface area (Å²) in [5.41, 5.74) is 4.93. The molecule has 0 radical (unpaired) electrons. The standard InChI is InChI=1S/C25H33N3O2/c1-24(2,3)30-23(29)28-15-13-27(14-16-28)22-8-6-7-21(26-22)19-9-10-20-18(17-19)11-12-25(20,4)5/h6-10,17H,11-16H2,1-5H3. The van der Waals surface area contributed by atoms with E-state index in [2.05, 4.69) is 55.1 Å². The van der Waals surface area contributed by atoms with Crippen LogP contribution in [-0.2, 0) is 16.6 Å². The van der Waals surface area contributed by atoms with Gasteiger partial charge in [-0.2, -0.15) is 0 Å². The highest BCUT2D eigenvalue weighted by Crippen LogP contribution is 2.39. The number of piperazine rings is 1. The molecule has 1 aromatic carbocycles. The maximum absolute atomic E-state index is 12.3. The van der Waals surface area contributed by atoms with Gasteiger partial charge in [0.2, 0.25) is 0 Å². The number of nitrogens with zero attached hydrogens (tertiary/aromatic N) is 3. The molecular formula is C25H33N3O2. The zero-order valence-corrected chi connectivity index (χ0v) is 18.9. The summed E-state index contributed by atoms with van der Waals surface area (Å²) in [7, 11) is 0. The van der Waals surface area contributed by atoms with Crippen molar-refractivity contribution in [2.24, 2.45) is 0 Å². The van der Waals surface area contributed by atoms with Crippen molar-refractivity contribution in [3.05, 3.63) is 47.5 Å². The van der Waals surface area contributed by atoms with Gasteiger partial charge in [-0.05, 0) is 68.4 Å². The van der Waals surface area contributed by atoms with Crippen molar-refractivity contribution in [3.63, 3.8) is 0 Å². The summed E-state index contributed by atoms with van der Waals surface area (Å²) in [4.78, 5) is 21.3. The molecule has 30 heavy (non-hydrogen) atoms. The van der Waals surface area contributed by atoms with Gasteiger partial charge >= 0.3 is 6.09 Å². The summed E-state index contributed by atoms with van der Waals surface area (Å²) >= 11 is 0. The summed E-state index contributed by atoms with van der Waals surface area (Å²) in [5, 5.41) is 0. The summed E-state index contributed by atoms with van der Waals surface area (Å²) < 4.78 is 5.50. The van der Waals surface area contributed by atoms with E-state index in [0.29, 0.717) is 13.1 Å². The Labute approximate surface area is 180 Å². The van der Waals surface area contributed by atoms with Crippen molar-refractivity contribution in [2.45, 2.75) is 58.5 Å². The predicted molar refractivity (Wildman–Crippen MR) is 121 cm³/mol. The Morgan fingerprint density at radius 3 is 2.50 bits per heavy atom. The lowest BCUT2D eigenvalue weighted by atomic mass is 9.86. The van der Waals surface area contributed by atoms with Crippen LogP contribution in [0.15, 0.2) is 36.4 Å². The minimum atomic E-state index is -0.463. The van der Waals surface area contributed by atoms with Crippen molar-refractivity contribution in [1.29, 1.82) is 0 Å². The van der Waals surface area contributed by atoms with Gasteiger partial charge in [0.25, 0.3) is 0 Å². The lowest BCUT2D eigenvalue weighted by molar-refractivity contribution is 0.0240. The third-order valence-corrected chi connectivity index (χ3v) is 6.14. The molecule has 1 fully saturated rings. The van der Waals surface area contributed by atoms with Crippen molar-refractivity contribution in [2.75, 3.05) is 31.1 Å². The summed E-state index contributed by atoms with van der Waals surface area (Å²) in [6.07, 6.45) is 2.12. The molecule has 1 aliphatic carbocycles. The van der Waals surface area contributed by atoms with E-state index in [9.17, 15) is 4.79 Å². The smallest absolute Gasteiger partial charge is 0.410 e. The van der Waals surface area contributed by atoms with Gasteiger partial charge in [-0.25, -0.2) is 9.78 Å². The maximum atomic E-state index is 12.3. The molecule has 0 saturated carbocycles. The average Bonchev–Trinajstić information content (AvgIpc) is 3.01. The van der Waals surface area contributed by atoms with Gasteiger partial charge in [-0.15, -0.1) is 0 Å². The van der Waals surface area contributed by atoms with Crippen LogP contribution < -0.4 is 4.90 Å². The predicted octanol–water partition coefficient (Wildman–Crippen LogP) is 5.03. The molecule has 4 rings (SSSR count). The highest BCUT2D eigenvalue weighted by molar-refractivity contribution is 5.69. The first-order valence-electron chi connectivity index (χ1n) is 11.0. The molecule has 0 atom stereocenters. The molecule has 1 aromatic heterocycles. The molecule has 160 valence electrons. The van der Waals surface area contributed by atoms with E-state index < -0.39 is 5.60 Å². The second kappa shape index (κ2) is 7.60. The second-order valence-corrected chi connectivity index (χ2v) is 10.1. The Hall–Kier alpha value is -2.56. The van der Waals surface area contributed by atoms with E-state index in [1.54, 1.807) is 4.90 Å². The fraction of sp³-hybridized carbons (Fsp3) is 0.520. The van der Waals surface area contributed by atoms with Gasteiger partial charge in [-0.3, -0.25) is 0 Å². The zero-order valence-electron chi connectivity index (χ0n) is 18.9. The number of anilines is 1. The number of ether oxygens (including phenoxy) is 1. The molecule has 1 amide bonds. The van der Waals surface area contributed by atoms with E-state index in [-0.39, 0.29) is 11.5 Å². The molecular weight excluding hydrogens is 374 g/mol. The summed E-state index contributed by atoms with van der Waals surface area (Å²) in [6.45, 7) is 13.2. The molecule has 2 heterocycles. The van der Waals surface area contributed by atoms with Crippen LogP contribution in [-0.4, -0.2) is 47.8 Å². The van der Waals surface area contributed by atoms with Crippen molar-refractivity contribution >= 4 is 11.9 Å². The van der Waals surface area contributed by atoms with Crippen molar-refractivity contribution in [3.8, 4) is 11.3 Å². The number of hydrogen-bond donors (Lipinski definition) is 0. The molecule has 0 unspecified atom stereocenters. The number of fused-ring (bicyclic) bond motifs is 1. The summed E-state index contributed by atoms with van der Waals surface area (Å²) in [6, 6.07) is 13.0. The Morgan fingerprint density at radius 1 is 1.07 bits per heavy atom. The minimum Gasteiger partial charge on any atom is -0.444 e. The summed E-state index contributed by atoms with van der Waals surface area (Å²) in [5.74, 6) is 0.970. The van der Waals surface area contributed by atoms with Crippen LogP contribution in [0.4, 0.5) is 10.6 Å². The maximum Gasteiger partial charge on any atom is 0.410 e. The van der Waals surface area contributed by atoms with Crippen molar-refractivity contribution in [1.82, 2.24) is 9.88 Å². The molecule has 2 aliphatic rings. The van der Waals surface area contributed by atoms with Gasteiger partial charge in [0.1, 0.15) is 11.4 Å². The van der Waals surface area contributed by atoms with Gasteiger partial charge in [0, 0.05) is 31.7 Å². The molecule has 1 aliphatic heterocycles. The van der Waals surface area contributed by atoms with Crippen LogP contribution in [0.5, 0.6) is 0 Å². The number of pyridine rings is 1. The van der Waals surface area contributed by atoms with E-state index in [1.165, 1.54) is 23.1 Å². The molecule has 5 nitrogen and oxygen atoms in total. The highest BCUT2D eigenvalue weighted by atomic mass is 16.6. The molecule has 1 saturated heterocycles. The number of aryl methyl sites for hydroxylation is 1. The zero-order chi connectivity index (χ0) is 21.5. The average molecular weight is 408 g/mol. The number of benzene rings is 1. The molecule has 0 spiro atoms. The number of aromatic nitrogens is 1. The first kappa shape index (κ1) is 20.7. The Kier molecular flexibility index (Phi) is 5.25. The monoisotopic (exact) mass is 407 g/mol. The third-order valence-electron chi connectivity index (χ3n) is 6.14. The van der Waals surface area contributed by atoms with Crippen LogP contribution in [0.3, 0.4) is 0 Å². The van der Waals surface area contributed by atoms with Crippen LogP contribution in [0.2, 0.25) is 0 Å². The Balaban J connectivity index is 1.46. The molecule has 0 N–H and O–H groups in total. The van der Waals surface area contributed by atoms with Crippen LogP contribution in [0.1, 0.15) is 52.2 Å². The number of hydrogen-bond acceptors (Lipinski definition) is 4. The van der Waals surface area contributed by atoms with E-state index in [1.807, 2.05) is 20.8 Å². The van der Waals surface area contributed by atoms with Crippen LogP contribution in [0.25, 0.3) is 11.3 Å². The Morgan fingerprint density at radius 2 is 1.80 bits per heavy atom.